The highest BCUT2D eigenvalue weighted by molar-refractivity contribution is 8.14. The smallest absolute Gasteiger partial charge is 0.237 e. The molecular formula is C12H13Cl2NO4S. The molecule has 20 heavy (non-hydrogen) atoms. The van der Waals surface area contributed by atoms with Crippen LogP contribution in [0, 0.1) is 0 Å². The summed E-state index contributed by atoms with van der Waals surface area (Å²) in [6.45, 7) is 2.24. The van der Waals surface area contributed by atoms with Crippen LogP contribution in [0.15, 0.2) is 18.2 Å². The zero-order valence-corrected chi connectivity index (χ0v) is 13.0. The van der Waals surface area contributed by atoms with Gasteiger partial charge in [0.25, 0.3) is 0 Å². The second-order valence-corrected chi connectivity index (χ2v) is 7.70. The highest BCUT2D eigenvalue weighted by Gasteiger charge is 2.38. The lowest BCUT2D eigenvalue weighted by molar-refractivity contribution is -0.117. The number of anilines is 1. The van der Waals surface area contributed by atoms with Crippen molar-refractivity contribution in [3.05, 3.63) is 23.2 Å². The lowest BCUT2D eigenvalue weighted by Gasteiger charge is -2.20. The third kappa shape index (κ3) is 3.19. The van der Waals surface area contributed by atoms with E-state index in [9.17, 15) is 13.2 Å². The van der Waals surface area contributed by atoms with Crippen molar-refractivity contribution in [2.24, 2.45) is 0 Å². The summed E-state index contributed by atoms with van der Waals surface area (Å²) < 4.78 is 28.1. The van der Waals surface area contributed by atoms with Crippen molar-refractivity contribution >= 4 is 42.9 Å². The molecule has 0 aliphatic carbocycles. The number of nitrogens with zero attached hydrogens (tertiary/aromatic N) is 1. The average Bonchev–Trinajstić information content (AvgIpc) is 2.72. The Bertz CT molecular complexity index is 632. The van der Waals surface area contributed by atoms with Crippen LogP contribution in [0.3, 0.4) is 0 Å². The van der Waals surface area contributed by atoms with Crippen molar-refractivity contribution in [2.45, 2.75) is 18.6 Å². The van der Waals surface area contributed by atoms with Crippen LogP contribution in [0.25, 0.3) is 0 Å². The summed E-state index contributed by atoms with van der Waals surface area (Å²) in [6, 6.07) is 4.85. The van der Waals surface area contributed by atoms with Gasteiger partial charge in [-0.15, -0.1) is 0 Å². The van der Waals surface area contributed by atoms with E-state index in [-0.39, 0.29) is 18.9 Å². The highest BCUT2D eigenvalue weighted by atomic mass is 35.7. The van der Waals surface area contributed by atoms with Gasteiger partial charge in [0.2, 0.25) is 15.0 Å². The van der Waals surface area contributed by atoms with Gasteiger partial charge in [0.1, 0.15) is 11.0 Å². The fourth-order valence-corrected chi connectivity index (χ4v) is 3.27. The molecule has 1 unspecified atom stereocenters. The molecule has 0 aromatic heterocycles. The van der Waals surface area contributed by atoms with Gasteiger partial charge >= 0.3 is 0 Å². The number of carbonyl (C=O) groups excluding carboxylic acids is 1. The minimum atomic E-state index is -3.77. The van der Waals surface area contributed by atoms with Crippen LogP contribution in [0.2, 0.25) is 5.02 Å². The van der Waals surface area contributed by atoms with Gasteiger partial charge < -0.3 is 9.64 Å². The topological polar surface area (TPSA) is 63.7 Å². The van der Waals surface area contributed by atoms with Crippen LogP contribution >= 0.6 is 22.3 Å². The van der Waals surface area contributed by atoms with Gasteiger partial charge in [0.05, 0.1) is 12.3 Å². The monoisotopic (exact) mass is 337 g/mol. The van der Waals surface area contributed by atoms with E-state index in [0.717, 1.165) is 0 Å². The molecule has 1 fully saturated rings. The number of hydrogen-bond donors (Lipinski definition) is 0. The van der Waals surface area contributed by atoms with E-state index in [1.165, 1.54) is 4.90 Å². The minimum absolute atomic E-state index is 0.0202. The molecule has 1 aromatic carbocycles. The van der Waals surface area contributed by atoms with E-state index in [1.807, 2.05) is 6.92 Å². The zero-order valence-electron chi connectivity index (χ0n) is 10.7. The maximum absolute atomic E-state index is 12.0. The Balaban J connectivity index is 2.35. The first-order valence-corrected chi connectivity index (χ1v) is 8.74. The van der Waals surface area contributed by atoms with Gasteiger partial charge in [0, 0.05) is 34.7 Å². The molecule has 5 nitrogen and oxygen atoms in total. The van der Waals surface area contributed by atoms with Crippen LogP contribution in [0.1, 0.15) is 13.3 Å². The van der Waals surface area contributed by atoms with Gasteiger partial charge in [-0.2, -0.15) is 0 Å². The molecule has 1 saturated heterocycles. The van der Waals surface area contributed by atoms with Crippen LogP contribution in [-0.4, -0.2) is 32.7 Å². The molecule has 1 aromatic rings. The van der Waals surface area contributed by atoms with Crippen molar-refractivity contribution in [3.63, 3.8) is 0 Å². The summed E-state index contributed by atoms with van der Waals surface area (Å²) in [5.41, 5.74) is 0.504. The Morgan fingerprint density at radius 1 is 1.45 bits per heavy atom. The van der Waals surface area contributed by atoms with Gasteiger partial charge in [-0.25, -0.2) is 8.42 Å². The second kappa shape index (κ2) is 5.79. The van der Waals surface area contributed by atoms with Crippen LogP contribution < -0.4 is 9.64 Å². The lowest BCUT2D eigenvalue weighted by Crippen LogP contribution is -2.27. The van der Waals surface area contributed by atoms with E-state index in [2.05, 4.69) is 0 Å². The number of amides is 1. The Morgan fingerprint density at radius 2 is 2.15 bits per heavy atom. The third-order valence-corrected chi connectivity index (χ3v) is 5.10. The molecule has 0 spiro atoms. The largest absolute Gasteiger partial charge is 0.492 e. The van der Waals surface area contributed by atoms with Crippen molar-refractivity contribution in [3.8, 4) is 5.75 Å². The van der Waals surface area contributed by atoms with Crippen molar-refractivity contribution in [1.82, 2.24) is 0 Å². The summed E-state index contributed by atoms with van der Waals surface area (Å²) in [5.74, 6) is 0.142. The second-order valence-electron chi connectivity index (χ2n) is 4.35. The normalized spacial score (nSPS) is 19.4. The predicted octanol–water partition coefficient (Wildman–Crippen LogP) is 2.41. The fourth-order valence-electron chi connectivity index (χ4n) is 2.08. The van der Waals surface area contributed by atoms with Gasteiger partial charge in [-0.3, -0.25) is 4.79 Å². The predicted molar refractivity (Wildman–Crippen MR) is 78.2 cm³/mol. The summed E-state index contributed by atoms with van der Waals surface area (Å²) in [5, 5.41) is -0.424. The zero-order chi connectivity index (χ0) is 14.9. The number of halogens is 2. The summed E-state index contributed by atoms with van der Waals surface area (Å²) in [4.78, 5) is 13.4. The number of benzene rings is 1. The quantitative estimate of drug-likeness (QED) is 0.791. The molecule has 0 bridgehead atoms. The summed E-state index contributed by atoms with van der Waals surface area (Å²) >= 11 is 5.90. The number of ether oxygens (including phenoxy) is 1. The maximum Gasteiger partial charge on any atom is 0.237 e. The first-order chi connectivity index (χ1) is 9.32. The first-order valence-electron chi connectivity index (χ1n) is 5.99. The SMILES string of the molecule is CCOc1cc(Cl)ccc1N1CC(S(=O)(=O)Cl)CC1=O. The Labute approximate surface area is 126 Å². The first kappa shape index (κ1) is 15.4. The Hall–Kier alpha value is -0.980. The molecule has 110 valence electrons. The van der Waals surface area contributed by atoms with Gasteiger partial charge in [-0.1, -0.05) is 11.6 Å². The summed E-state index contributed by atoms with van der Waals surface area (Å²) in [6.07, 6.45) is -0.125. The van der Waals surface area contributed by atoms with Crippen LogP contribution in [0.5, 0.6) is 5.75 Å². The summed E-state index contributed by atoms with van der Waals surface area (Å²) in [7, 11) is 1.56. The number of rotatable bonds is 4. The van der Waals surface area contributed by atoms with E-state index in [0.29, 0.717) is 23.1 Å². The third-order valence-electron chi connectivity index (χ3n) is 3.00. The molecule has 1 amide bonds. The molecule has 8 heteroatoms. The number of hydrogen-bond acceptors (Lipinski definition) is 4. The molecule has 0 saturated carbocycles. The maximum atomic E-state index is 12.0. The molecular weight excluding hydrogens is 325 g/mol. The van der Waals surface area contributed by atoms with Crippen molar-refractivity contribution in [1.29, 1.82) is 0 Å². The molecule has 1 atom stereocenters. The molecule has 2 rings (SSSR count). The van der Waals surface area contributed by atoms with Crippen LogP contribution in [0.4, 0.5) is 5.69 Å². The Morgan fingerprint density at radius 3 is 2.70 bits per heavy atom. The van der Waals surface area contributed by atoms with E-state index in [1.54, 1.807) is 18.2 Å². The molecule has 0 radical (unpaired) electrons. The number of carbonyl (C=O) groups is 1. The standard InChI is InChI=1S/C12H13Cl2NO4S/c1-2-19-11-5-8(13)3-4-10(11)15-7-9(6-12(15)16)20(14,17)18/h3-5,9H,2,6-7H2,1H3. The molecule has 1 heterocycles. The van der Waals surface area contributed by atoms with Gasteiger partial charge in [-0.05, 0) is 19.1 Å². The van der Waals surface area contributed by atoms with Crippen molar-refractivity contribution in [2.75, 3.05) is 18.1 Å². The average molecular weight is 338 g/mol. The van der Waals surface area contributed by atoms with Crippen molar-refractivity contribution < 1.29 is 17.9 Å². The van der Waals surface area contributed by atoms with E-state index >= 15 is 0 Å². The fraction of sp³-hybridized carbons (Fsp3) is 0.417. The highest BCUT2D eigenvalue weighted by Crippen LogP contribution is 2.35. The Kier molecular flexibility index (Phi) is 4.46. The van der Waals surface area contributed by atoms with E-state index in [4.69, 9.17) is 27.0 Å². The van der Waals surface area contributed by atoms with Gasteiger partial charge in [0.15, 0.2) is 0 Å². The molecule has 1 aliphatic heterocycles. The molecule has 1 aliphatic rings. The van der Waals surface area contributed by atoms with E-state index < -0.39 is 14.3 Å². The minimum Gasteiger partial charge on any atom is -0.492 e. The lowest BCUT2D eigenvalue weighted by atomic mass is 10.2. The molecule has 0 N–H and O–H groups in total. The van der Waals surface area contributed by atoms with Crippen LogP contribution in [-0.2, 0) is 13.8 Å².